The number of alkyl halides is 3. The first kappa shape index (κ1) is 22.7. The Morgan fingerprint density at radius 3 is 2.79 bits per heavy atom. The highest BCUT2D eigenvalue weighted by Gasteiger charge is 2.33. The highest BCUT2D eigenvalue weighted by molar-refractivity contribution is 7.17. The first-order valence-electron chi connectivity index (χ1n) is 10.4. The monoisotopic (exact) mass is 505 g/mol. The molecule has 2 aromatic carbocycles. The fraction of sp³-hybridized carbons (Fsp3) is 0.217. The number of hydrogen-bond acceptors (Lipinski definition) is 6. The first-order chi connectivity index (χ1) is 16.3. The number of rotatable bonds is 6. The molecule has 176 valence electrons. The smallest absolute Gasteiger partial charge is 0.417 e. The Balaban J connectivity index is 1.62. The number of aromatic nitrogens is 3. The average molecular weight is 506 g/mol. The van der Waals surface area contributed by atoms with E-state index in [-0.39, 0.29) is 16.5 Å². The van der Waals surface area contributed by atoms with Crippen LogP contribution in [0.5, 0.6) is 5.88 Å². The van der Waals surface area contributed by atoms with Crippen molar-refractivity contribution in [3.8, 4) is 5.88 Å². The number of aromatic hydroxyl groups is 1. The maximum atomic E-state index is 13.8. The lowest BCUT2D eigenvalue weighted by Gasteiger charge is -2.26. The van der Waals surface area contributed by atoms with Gasteiger partial charge in [0.05, 0.1) is 17.3 Å². The molecule has 0 atom stereocenters. The van der Waals surface area contributed by atoms with Gasteiger partial charge in [-0.3, -0.25) is 5.10 Å². The predicted molar refractivity (Wildman–Crippen MR) is 128 cm³/mol. The summed E-state index contributed by atoms with van der Waals surface area (Å²) in [7, 11) is 0. The molecule has 0 amide bonds. The minimum absolute atomic E-state index is 0.0107. The molecule has 3 heterocycles. The largest absolute Gasteiger partial charge is 0.492 e. The van der Waals surface area contributed by atoms with Crippen LogP contribution < -0.4 is 10.6 Å². The van der Waals surface area contributed by atoms with E-state index < -0.39 is 11.7 Å². The molecular formula is C23H19ClF3N5OS. The summed E-state index contributed by atoms with van der Waals surface area (Å²) >= 11 is 7.05. The summed E-state index contributed by atoms with van der Waals surface area (Å²) < 4.78 is 41.3. The third-order valence-electron chi connectivity index (χ3n) is 5.63. The Morgan fingerprint density at radius 2 is 2.06 bits per heavy atom. The Labute approximate surface area is 201 Å². The van der Waals surface area contributed by atoms with Crippen LogP contribution in [-0.2, 0) is 6.18 Å². The fourth-order valence-electron chi connectivity index (χ4n) is 3.73. The van der Waals surface area contributed by atoms with Crippen molar-refractivity contribution < 1.29 is 18.3 Å². The van der Waals surface area contributed by atoms with E-state index >= 15 is 0 Å². The van der Waals surface area contributed by atoms with Crippen LogP contribution in [0.2, 0.25) is 5.02 Å². The van der Waals surface area contributed by atoms with E-state index in [1.165, 1.54) is 29.5 Å². The van der Waals surface area contributed by atoms with Crippen molar-refractivity contribution in [3.63, 3.8) is 0 Å². The summed E-state index contributed by atoms with van der Waals surface area (Å²) in [5.74, 6) is 0.219. The van der Waals surface area contributed by atoms with Gasteiger partial charge >= 0.3 is 6.18 Å². The zero-order chi connectivity index (χ0) is 23.9. The van der Waals surface area contributed by atoms with E-state index in [2.05, 4.69) is 25.8 Å². The van der Waals surface area contributed by atoms with E-state index in [4.69, 9.17) is 11.6 Å². The lowest BCUT2D eigenvalue weighted by Crippen LogP contribution is -2.45. The molecule has 4 N–H and O–H groups in total. The summed E-state index contributed by atoms with van der Waals surface area (Å²) in [6.45, 7) is 2.50. The Bertz CT molecular complexity index is 1380. The van der Waals surface area contributed by atoms with Crippen molar-refractivity contribution >= 4 is 50.6 Å². The van der Waals surface area contributed by atoms with Crippen LogP contribution in [0.15, 0.2) is 42.6 Å². The molecule has 0 spiro atoms. The van der Waals surface area contributed by atoms with Gasteiger partial charge in [0.1, 0.15) is 4.88 Å². The number of nitrogens with zero attached hydrogens (tertiary/aromatic N) is 2. The minimum Gasteiger partial charge on any atom is -0.492 e. The van der Waals surface area contributed by atoms with E-state index in [9.17, 15) is 18.3 Å². The number of H-pyrrole nitrogens is 1. The molecule has 0 unspecified atom stereocenters. The SMILES string of the molecule is Oc1nc(NCC2CNC2)sc1C(=Cc1ccc(Cl)cc1C(F)(F)F)c1ccc2[nH]ncc2c1. The standard InChI is InChI=1S/C23H19ClF3N5OS/c24-16-3-1-14(18(7-16)23(25,26)27)6-17(13-2-4-19-15(5-13)11-30-32-19)20-21(33)31-22(34-20)29-10-12-8-28-9-12/h1-7,11-12,28,33H,8-10H2,(H,29,31)(H,30,32). The predicted octanol–water partition coefficient (Wildman–Crippen LogP) is 5.62. The lowest BCUT2D eigenvalue weighted by molar-refractivity contribution is -0.137. The van der Waals surface area contributed by atoms with E-state index in [1.54, 1.807) is 24.4 Å². The highest BCUT2D eigenvalue weighted by atomic mass is 35.5. The summed E-state index contributed by atoms with van der Waals surface area (Å²) in [6, 6.07) is 8.99. The summed E-state index contributed by atoms with van der Waals surface area (Å²) in [5.41, 5.74) is 0.884. The minimum atomic E-state index is -4.60. The molecule has 34 heavy (non-hydrogen) atoms. The van der Waals surface area contributed by atoms with Crippen molar-refractivity contribution in [2.75, 3.05) is 25.0 Å². The third kappa shape index (κ3) is 4.61. The second-order valence-corrected chi connectivity index (χ2v) is 9.47. The van der Waals surface area contributed by atoms with Crippen molar-refractivity contribution in [1.29, 1.82) is 0 Å². The van der Waals surface area contributed by atoms with E-state index in [0.29, 0.717) is 33.6 Å². The van der Waals surface area contributed by atoms with Gasteiger partial charge in [0.15, 0.2) is 5.13 Å². The Kier molecular flexibility index (Phi) is 5.97. The molecule has 0 radical (unpaired) electrons. The molecule has 0 saturated carbocycles. The molecule has 1 saturated heterocycles. The topological polar surface area (TPSA) is 85.9 Å². The lowest BCUT2D eigenvalue weighted by atomic mass is 9.98. The Morgan fingerprint density at radius 1 is 1.24 bits per heavy atom. The second kappa shape index (κ2) is 8.94. The number of aromatic amines is 1. The molecule has 5 rings (SSSR count). The van der Waals surface area contributed by atoms with E-state index in [1.807, 2.05) is 0 Å². The van der Waals surface area contributed by atoms with Crippen LogP contribution in [-0.4, -0.2) is 39.9 Å². The van der Waals surface area contributed by atoms with Crippen LogP contribution in [0.25, 0.3) is 22.6 Å². The second-order valence-electron chi connectivity index (χ2n) is 8.04. The van der Waals surface area contributed by atoms with Crippen LogP contribution >= 0.6 is 22.9 Å². The molecule has 11 heteroatoms. The fourth-order valence-corrected chi connectivity index (χ4v) is 4.81. The molecule has 1 fully saturated rings. The number of hydrogen-bond donors (Lipinski definition) is 4. The average Bonchev–Trinajstić information content (AvgIpc) is 3.37. The maximum Gasteiger partial charge on any atom is 0.417 e. The van der Waals surface area contributed by atoms with E-state index in [0.717, 1.165) is 30.1 Å². The normalized spacial score (nSPS) is 15.0. The summed E-state index contributed by atoms with van der Waals surface area (Å²) in [4.78, 5) is 4.57. The van der Waals surface area contributed by atoms with Gasteiger partial charge in [-0.15, -0.1) is 0 Å². The van der Waals surface area contributed by atoms with Crippen molar-refractivity contribution in [3.05, 3.63) is 69.2 Å². The van der Waals surface area contributed by atoms with Gasteiger partial charge in [0, 0.05) is 41.5 Å². The van der Waals surface area contributed by atoms with Crippen molar-refractivity contribution in [2.24, 2.45) is 5.92 Å². The molecule has 4 aromatic rings. The number of anilines is 1. The zero-order valence-electron chi connectivity index (χ0n) is 17.6. The zero-order valence-corrected chi connectivity index (χ0v) is 19.2. The molecule has 0 aliphatic carbocycles. The van der Waals surface area contributed by atoms with Crippen LogP contribution in [0.1, 0.15) is 21.6 Å². The quantitative estimate of drug-likeness (QED) is 0.256. The van der Waals surface area contributed by atoms with Gasteiger partial charge in [-0.2, -0.15) is 23.3 Å². The molecule has 2 aromatic heterocycles. The molecule has 1 aliphatic rings. The summed E-state index contributed by atoms with van der Waals surface area (Å²) in [6.07, 6.45) is -1.56. The third-order valence-corrected chi connectivity index (χ3v) is 6.90. The number of thiazole rings is 1. The van der Waals surface area contributed by atoms with Crippen LogP contribution in [0.4, 0.5) is 18.3 Å². The van der Waals surface area contributed by atoms with Gasteiger partial charge < -0.3 is 15.7 Å². The Hall–Kier alpha value is -3.08. The highest BCUT2D eigenvalue weighted by Crippen LogP contribution is 2.41. The summed E-state index contributed by atoms with van der Waals surface area (Å²) in [5, 5.41) is 25.2. The van der Waals surface area contributed by atoms with Crippen molar-refractivity contribution in [1.82, 2.24) is 20.5 Å². The van der Waals surface area contributed by atoms with Gasteiger partial charge in [-0.05, 0) is 41.5 Å². The number of nitrogens with one attached hydrogen (secondary N) is 3. The van der Waals surface area contributed by atoms with Crippen LogP contribution in [0, 0.1) is 5.92 Å². The van der Waals surface area contributed by atoms with Gasteiger partial charge in [0.2, 0.25) is 5.88 Å². The number of fused-ring (bicyclic) bond motifs is 1. The van der Waals surface area contributed by atoms with Crippen LogP contribution in [0.3, 0.4) is 0 Å². The van der Waals surface area contributed by atoms with Gasteiger partial charge in [-0.25, -0.2) is 0 Å². The van der Waals surface area contributed by atoms with Gasteiger partial charge in [-0.1, -0.05) is 35.1 Å². The van der Waals surface area contributed by atoms with Gasteiger partial charge in [0.25, 0.3) is 0 Å². The van der Waals surface area contributed by atoms with Crippen molar-refractivity contribution in [2.45, 2.75) is 6.18 Å². The molecule has 6 nitrogen and oxygen atoms in total. The number of halogens is 4. The number of benzene rings is 2. The molecule has 0 bridgehead atoms. The maximum absolute atomic E-state index is 13.8. The molecular weight excluding hydrogens is 487 g/mol. The molecule has 1 aliphatic heterocycles. The first-order valence-corrected chi connectivity index (χ1v) is 11.6.